The lowest BCUT2D eigenvalue weighted by Gasteiger charge is -1.95. The lowest BCUT2D eigenvalue weighted by atomic mass is 10.3. The third-order valence-electron chi connectivity index (χ3n) is 1.47. The zero-order valence-electron chi connectivity index (χ0n) is 7.25. The number of benzene rings is 1. The number of rotatable bonds is 3. The standard InChI is InChI=1S/C8H4N2O3S2/c11-5-10-15(12,13)8-3-1-7(2-4-8)9-6-14/h1-4H. The largest absolute Gasteiger partial charge is 0.292 e. The van der Waals surface area contributed by atoms with E-state index in [1.165, 1.54) is 24.3 Å². The quantitative estimate of drug-likeness (QED) is 0.455. The molecule has 0 aliphatic carbocycles. The maximum Gasteiger partial charge on any atom is 0.292 e. The van der Waals surface area contributed by atoms with Gasteiger partial charge in [0.15, 0.2) is 0 Å². The van der Waals surface area contributed by atoms with Crippen molar-refractivity contribution in [2.24, 2.45) is 9.39 Å². The molecule has 0 saturated carbocycles. The minimum absolute atomic E-state index is 0.103. The molecule has 76 valence electrons. The summed E-state index contributed by atoms with van der Waals surface area (Å²) in [6, 6.07) is 5.38. The van der Waals surface area contributed by atoms with Crippen LogP contribution in [0, 0.1) is 0 Å². The molecule has 0 unspecified atom stereocenters. The van der Waals surface area contributed by atoms with Crippen molar-refractivity contribution in [1.82, 2.24) is 0 Å². The molecule has 15 heavy (non-hydrogen) atoms. The summed E-state index contributed by atoms with van der Waals surface area (Å²) in [6.07, 6.45) is 0.981. The van der Waals surface area contributed by atoms with E-state index in [4.69, 9.17) is 0 Å². The molecule has 1 rings (SSSR count). The molecule has 0 N–H and O–H groups in total. The molecule has 5 nitrogen and oxygen atoms in total. The number of carbonyl (C=O) groups excluding carboxylic acids is 1. The van der Waals surface area contributed by atoms with E-state index < -0.39 is 10.0 Å². The Hall–Kier alpha value is -1.65. The fourth-order valence-corrected chi connectivity index (χ4v) is 1.64. The third kappa shape index (κ3) is 2.90. The second-order valence-corrected chi connectivity index (χ2v) is 4.14. The number of nitrogens with zero attached hydrogens (tertiary/aromatic N) is 2. The molecule has 0 amide bonds. The van der Waals surface area contributed by atoms with Crippen molar-refractivity contribution in [1.29, 1.82) is 0 Å². The molecule has 7 heteroatoms. The van der Waals surface area contributed by atoms with E-state index in [1.54, 1.807) is 0 Å². The lowest BCUT2D eigenvalue weighted by molar-refractivity contribution is 0.563. The first kappa shape index (κ1) is 11.4. The van der Waals surface area contributed by atoms with E-state index in [9.17, 15) is 13.2 Å². The fourth-order valence-electron chi connectivity index (χ4n) is 0.847. The van der Waals surface area contributed by atoms with Crippen LogP contribution in [-0.4, -0.2) is 19.7 Å². The first-order valence-corrected chi connectivity index (χ1v) is 5.47. The van der Waals surface area contributed by atoms with Crippen molar-refractivity contribution in [3.63, 3.8) is 0 Å². The van der Waals surface area contributed by atoms with E-state index in [0.29, 0.717) is 5.69 Å². The number of hydrogen-bond acceptors (Lipinski definition) is 5. The van der Waals surface area contributed by atoms with Gasteiger partial charge in [0, 0.05) is 0 Å². The maximum absolute atomic E-state index is 11.2. The van der Waals surface area contributed by atoms with Crippen molar-refractivity contribution in [2.75, 3.05) is 0 Å². The van der Waals surface area contributed by atoms with Crippen LogP contribution in [0.1, 0.15) is 0 Å². The molecule has 0 aliphatic heterocycles. The number of thiocarbonyl (C=S) groups is 1. The van der Waals surface area contributed by atoms with Crippen LogP contribution in [0.3, 0.4) is 0 Å². The molecular weight excluding hydrogens is 236 g/mol. The second-order valence-electron chi connectivity index (χ2n) is 2.35. The molecule has 1 aromatic rings. The Balaban J connectivity index is 3.20. The van der Waals surface area contributed by atoms with Crippen LogP contribution in [0.2, 0.25) is 0 Å². The smallest absolute Gasteiger partial charge is 0.210 e. The van der Waals surface area contributed by atoms with E-state index in [1.807, 2.05) is 0 Å². The Labute approximate surface area is 91.2 Å². The number of hydrogen-bond donors (Lipinski definition) is 0. The molecule has 0 heterocycles. The van der Waals surface area contributed by atoms with Crippen molar-refractivity contribution in [3.05, 3.63) is 24.3 Å². The highest BCUT2D eigenvalue weighted by Gasteiger charge is 2.11. The first-order chi connectivity index (χ1) is 7.10. The summed E-state index contributed by atoms with van der Waals surface area (Å²) in [5.74, 6) is 0. The van der Waals surface area contributed by atoms with Gasteiger partial charge >= 0.3 is 0 Å². The first-order valence-electron chi connectivity index (χ1n) is 3.62. The van der Waals surface area contributed by atoms with Gasteiger partial charge in [-0.2, -0.15) is 13.4 Å². The fraction of sp³-hybridized carbons (Fsp3) is 0. The summed E-state index contributed by atoms with van der Waals surface area (Å²) >= 11 is 4.38. The Kier molecular flexibility index (Phi) is 3.60. The summed E-state index contributed by atoms with van der Waals surface area (Å²) in [4.78, 5) is 13.4. The van der Waals surface area contributed by atoms with Crippen LogP contribution in [0.5, 0.6) is 0 Å². The normalized spacial score (nSPS) is 9.87. The number of isothiocyanates is 1. The van der Waals surface area contributed by atoms with Crippen LogP contribution in [0.25, 0.3) is 0 Å². The van der Waals surface area contributed by atoms with Gasteiger partial charge in [-0.15, -0.1) is 0 Å². The monoisotopic (exact) mass is 240 g/mol. The summed E-state index contributed by atoms with van der Waals surface area (Å²) < 4.78 is 25.1. The zero-order chi connectivity index (χ0) is 11.3. The molecule has 1 aromatic carbocycles. The highest BCUT2D eigenvalue weighted by molar-refractivity contribution is 7.90. The van der Waals surface area contributed by atoms with Crippen molar-refractivity contribution >= 4 is 39.2 Å². The molecule has 0 saturated heterocycles. The molecule has 0 aliphatic rings. The van der Waals surface area contributed by atoms with Crippen LogP contribution in [-0.2, 0) is 14.8 Å². The minimum atomic E-state index is -3.93. The highest BCUT2D eigenvalue weighted by atomic mass is 32.2. The van der Waals surface area contributed by atoms with E-state index in [2.05, 4.69) is 26.8 Å². The average molecular weight is 240 g/mol. The van der Waals surface area contributed by atoms with E-state index in [-0.39, 0.29) is 4.90 Å². The topological polar surface area (TPSA) is 75.9 Å². The summed E-state index contributed by atoms with van der Waals surface area (Å²) in [7, 11) is -3.93. The van der Waals surface area contributed by atoms with Crippen molar-refractivity contribution < 1.29 is 13.2 Å². The van der Waals surface area contributed by atoms with Crippen molar-refractivity contribution in [3.8, 4) is 0 Å². The van der Waals surface area contributed by atoms with Crippen molar-refractivity contribution in [2.45, 2.75) is 4.90 Å². The van der Waals surface area contributed by atoms with Gasteiger partial charge in [-0.1, -0.05) is 4.40 Å². The van der Waals surface area contributed by atoms with E-state index in [0.717, 1.165) is 6.08 Å². The molecule has 0 atom stereocenters. The molecular formula is C8H4N2O3S2. The molecule has 0 spiro atoms. The van der Waals surface area contributed by atoms with Gasteiger partial charge in [0.25, 0.3) is 16.1 Å². The maximum atomic E-state index is 11.2. The predicted octanol–water partition coefficient (Wildman–Crippen LogP) is 1.45. The van der Waals surface area contributed by atoms with Gasteiger partial charge in [-0.25, -0.2) is 4.79 Å². The molecule has 0 bridgehead atoms. The molecule has 0 radical (unpaired) electrons. The predicted molar refractivity (Wildman–Crippen MR) is 56.4 cm³/mol. The third-order valence-corrected chi connectivity index (χ3v) is 2.74. The Bertz CT molecular complexity index is 550. The zero-order valence-corrected chi connectivity index (χ0v) is 8.88. The van der Waals surface area contributed by atoms with Crippen LogP contribution >= 0.6 is 12.2 Å². The second kappa shape index (κ2) is 4.72. The lowest BCUT2D eigenvalue weighted by Crippen LogP contribution is -1.95. The summed E-state index contributed by atoms with van der Waals surface area (Å²) in [6.45, 7) is 0. The van der Waals surface area contributed by atoms with E-state index >= 15 is 0 Å². The highest BCUT2D eigenvalue weighted by Crippen LogP contribution is 2.17. The Morgan fingerprint density at radius 3 is 2.27 bits per heavy atom. The molecule has 0 fully saturated rings. The van der Waals surface area contributed by atoms with Gasteiger partial charge < -0.3 is 0 Å². The van der Waals surface area contributed by atoms with Gasteiger partial charge in [0.2, 0.25) is 0 Å². The summed E-state index contributed by atoms with van der Waals surface area (Å²) in [5, 5.41) is 2.14. The van der Waals surface area contributed by atoms with Crippen LogP contribution in [0.4, 0.5) is 5.69 Å². The van der Waals surface area contributed by atoms with Crippen LogP contribution < -0.4 is 0 Å². The van der Waals surface area contributed by atoms with Gasteiger partial charge in [0.1, 0.15) is 0 Å². The molecule has 0 aromatic heterocycles. The van der Waals surface area contributed by atoms with Gasteiger partial charge in [-0.3, -0.25) is 0 Å². The Morgan fingerprint density at radius 1 is 1.20 bits per heavy atom. The average Bonchev–Trinajstić information content (AvgIpc) is 2.19. The van der Waals surface area contributed by atoms with Crippen LogP contribution in [0.15, 0.2) is 38.6 Å². The van der Waals surface area contributed by atoms with Gasteiger partial charge in [0.05, 0.1) is 15.7 Å². The SMILES string of the molecule is O=C=NS(=O)(=O)c1ccc(N=C=S)cc1. The van der Waals surface area contributed by atoms with Gasteiger partial charge in [-0.05, 0) is 36.5 Å². The number of aliphatic imine (C=N–C) groups is 1. The number of isocyanates is 1. The number of sulfonamides is 1. The Morgan fingerprint density at radius 2 is 1.80 bits per heavy atom. The minimum Gasteiger partial charge on any atom is -0.210 e. The summed E-state index contributed by atoms with van der Waals surface area (Å²) in [5.41, 5.74) is 0.471.